The van der Waals surface area contributed by atoms with Gasteiger partial charge in [-0.25, -0.2) is 0 Å². The number of aliphatic imine (C=N–C) groups is 1. The highest BCUT2D eigenvalue weighted by Crippen LogP contribution is 2.21. The van der Waals surface area contributed by atoms with E-state index in [-0.39, 0.29) is 11.7 Å². The number of hydrogen-bond acceptors (Lipinski definition) is 3. The quantitative estimate of drug-likeness (QED) is 0.827. The number of carbonyl (C=O) groups excluding carboxylic acids is 1. The second-order valence-corrected chi connectivity index (χ2v) is 4.05. The smallest absolute Gasteiger partial charge is 0.221 e. The van der Waals surface area contributed by atoms with Crippen molar-refractivity contribution in [3.63, 3.8) is 0 Å². The van der Waals surface area contributed by atoms with Crippen molar-refractivity contribution < 1.29 is 9.90 Å². The maximum Gasteiger partial charge on any atom is 0.221 e. The van der Waals surface area contributed by atoms with Crippen LogP contribution in [0.4, 0.5) is 11.4 Å². The van der Waals surface area contributed by atoms with E-state index in [1.807, 2.05) is 30.3 Å². The summed E-state index contributed by atoms with van der Waals surface area (Å²) in [4.78, 5) is 15.2. The zero-order chi connectivity index (χ0) is 13.7. The van der Waals surface area contributed by atoms with Gasteiger partial charge >= 0.3 is 0 Å². The number of nitrogens with one attached hydrogen (secondary N) is 1. The van der Waals surface area contributed by atoms with E-state index in [2.05, 4.69) is 10.3 Å². The van der Waals surface area contributed by atoms with E-state index >= 15 is 0 Å². The highest BCUT2D eigenvalue weighted by Gasteiger charge is 2.01. The van der Waals surface area contributed by atoms with Crippen molar-refractivity contribution in [3.05, 3.63) is 54.1 Å². The van der Waals surface area contributed by atoms with Crippen LogP contribution in [0.3, 0.4) is 0 Å². The van der Waals surface area contributed by atoms with Crippen molar-refractivity contribution >= 4 is 23.5 Å². The van der Waals surface area contributed by atoms with Crippen LogP contribution in [0.5, 0.6) is 5.75 Å². The molecule has 0 saturated carbocycles. The molecule has 2 N–H and O–H groups in total. The van der Waals surface area contributed by atoms with E-state index in [1.165, 1.54) is 13.0 Å². The number of phenolic OH excluding ortho intramolecular Hbond substituents is 1. The number of rotatable bonds is 3. The molecule has 0 aliphatic rings. The first-order chi connectivity index (χ1) is 9.15. The van der Waals surface area contributed by atoms with Crippen LogP contribution in [0, 0.1) is 0 Å². The van der Waals surface area contributed by atoms with Gasteiger partial charge in [0, 0.05) is 30.5 Å². The average molecular weight is 254 g/mol. The fourth-order valence-electron chi connectivity index (χ4n) is 1.59. The molecule has 4 nitrogen and oxygen atoms in total. The predicted octanol–water partition coefficient (Wildman–Crippen LogP) is 3.10. The van der Waals surface area contributed by atoms with Crippen LogP contribution in [0.25, 0.3) is 0 Å². The van der Waals surface area contributed by atoms with E-state index < -0.39 is 0 Å². The second kappa shape index (κ2) is 5.82. The predicted molar refractivity (Wildman–Crippen MR) is 76.1 cm³/mol. The summed E-state index contributed by atoms with van der Waals surface area (Å²) in [6.07, 6.45) is 1.59. The van der Waals surface area contributed by atoms with Crippen LogP contribution in [-0.2, 0) is 4.79 Å². The summed E-state index contributed by atoms with van der Waals surface area (Å²) in [5.74, 6) is -0.101. The molecule has 0 spiro atoms. The average Bonchev–Trinajstić information content (AvgIpc) is 2.38. The third-order valence-electron chi connectivity index (χ3n) is 2.46. The maximum atomic E-state index is 10.9. The number of hydrogen-bond donors (Lipinski definition) is 2. The van der Waals surface area contributed by atoms with Crippen molar-refractivity contribution in [1.82, 2.24) is 0 Å². The molecule has 0 aliphatic heterocycles. The van der Waals surface area contributed by atoms with Crippen molar-refractivity contribution in [2.24, 2.45) is 4.99 Å². The molecule has 0 bridgehead atoms. The molecule has 2 rings (SSSR count). The fourth-order valence-corrected chi connectivity index (χ4v) is 1.59. The van der Waals surface area contributed by atoms with Gasteiger partial charge in [-0.15, -0.1) is 0 Å². The zero-order valence-electron chi connectivity index (χ0n) is 10.5. The fraction of sp³-hybridized carbons (Fsp3) is 0.0667. The highest BCUT2D eigenvalue weighted by molar-refractivity contribution is 5.91. The lowest BCUT2D eigenvalue weighted by Crippen LogP contribution is -2.05. The summed E-state index contributed by atoms with van der Waals surface area (Å²) in [5, 5.41) is 12.4. The van der Waals surface area contributed by atoms with Gasteiger partial charge in [0.1, 0.15) is 5.75 Å². The molecular weight excluding hydrogens is 240 g/mol. The minimum Gasteiger partial charge on any atom is -0.507 e. The first kappa shape index (κ1) is 12.8. The lowest BCUT2D eigenvalue weighted by Gasteiger charge is -2.04. The number of nitrogens with zero attached hydrogens (tertiary/aromatic N) is 1. The molecule has 0 heterocycles. The van der Waals surface area contributed by atoms with Crippen LogP contribution < -0.4 is 5.32 Å². The highest BCUT2D eigenvalue weighted by atomic mass is 16.3. The topological polar surface area (TPSA) is 61.7 Å². The third-order valence-corrected chi connectivity index (χ3v) is 2.46. The molecule has 0 unspecified atom stereocenters. The lowest BCUT2D eigenvalue weighted by atomic mass is 10.2. The van der Waals surface area contributed by atoms with Gasteiger partial charge < -0.3 is 10.4 Å². The van der Waals surface area contributed by atoms with E-state index in [4.69, 9.17) is 0 Å². The van der Waals surface area contributed by atoms with Crippen molar-refractivity contribution in [2.75, 3.05) is 5.32 Å². The molecule has 0 atom stereocenters. The molecule has 0 aromatic heterocycles. The van der Waals surface area contributed by atoms with Crippen LogP contribution >= 0.6 is 0 Å². The Balaban J connectivity index is 2.18. The zero-order valence-corrected chi connectivity index (χ0v) is 10.5. The number of amides is 1. The second-order valence-electron chi connectivity index (χ2n) is 4.05. The number of carbonyl (C=O) groups is 1. The van der Waals surface area contributed by atoms with Crippen LogP contribution in [-0.4, -0.2) is 17.2 Å². The lowest BCUT2D eigenvalue weighted by molar-refractivity contribution is -0.114. The summed E-state index contributed by atoms with van der Waals surface area (Å²) in [6, 6.07) is 14.4. The number of aromatic hydroxyl groups is 1. The minimum absolute atomic E-state index is 0.0749. The van der Waals surface area contributed by atoms with Gasteiger partial charge in [0.25, 0.3) is 0 Å². The van der Waals surface area contributed by atoms with Gasteiger partial charge in [-0.3, -0.25) is 9.79 Å². The van der Waals surface area contributed by atoms with Crippen LogP contribution in [0.1, 0.15) is 12.5 Å². The normalized spacial score (nSPS) is 10.6. The Morgan fingerprint density at radius 1 is 1.21 bits per heavy atom. The van der Waals surface area contributed by atoms with E-state index in [0.29, 0.717) is 11.3 Å². The van der Waals surface area contributed by atoms with Crippen molar-refractivity contribution in [3.8, 4) is 5.75 Å². The third kappa shape index (κ3) is 3.67. The molecule has 2 aromatic rings. The van der Waals surface area contributed by atoms with Gasteiger partial charge in [-0.2, -0.15) is 0 Å². The van der Waals surface area contributed by atoms with Crippen LogP contribution in [0.2, 0.25) is 0 Å². The summed E-state index contributed by atoms with van der Waals surface area (Å²) in [5.41, 5.74) is 1.97. The van der Waals surface area contributed by atoms with Gasteiger partial charge in [-0.1, -0.05) is 18.2 Å². The van der Waals surface area contributed by atoms with Gasteiger partial charge in [0.05, 0.1) is 5.69 Å². The molecule has 19 heavy (non-hydrogen) atoms. The number of anilines is 1. The Hall–Kier alpha value is -2.62. The number of benzene rings is 2. The molecule has 4 heteroatoms. The number of phenols is 1. The van der Waals surface area contributed by atoms with Crippen molar-refractivity contribution in [1.29, 1.82) is 0 Å². The summed E-state index contributed by atoms with van der Waals surface area (Å²) in [6.45, 7) is 1.42. The molecule has 1 amide bonds. The molecule has 96 valence electrons. The molecular formula is C15H14N2O2. The van der Waals surface area contributed by atoms with Crippen LogP contribution in [0.15, 0.2) is 53.5 Å². The summed E-state index contributed by atoms with van der Waals surface area (Å²) < 4.78 is 0. The molecule has 0 fully saturated rings. The molecule has 0 aliphatic carbocycles. The SMILES string of the molecule is CC(=O)Nc1ccc(/C=N\c2ccccc2)c(O)c1. The molecule has 0 saturated heterocycles. The van der Waals surface area contributed by atoms with Gasteiger partial charge in [0.15, 0.2) is 0 Å². The molecule has 0 radical (unpaired) electrons. The standard InChI is InChI=1S/C15H14N2O2/c1-11(18)17-14-8-7-12(15(19)9-14)10-16-13-5-3-2-4-6-13/h2-10,19H,1H3,(H,17,18)/b16-10-. The summed E-state index contributed by atoms with van der Waals surface area (Å²) in [7, 11) is 0. The van der Waals surface area contributed by atoms with E-state index in [9.17, 15) is 9.90 Å². The van der Waals surface area contributed by atoms with Gasteiger partial charge in [0.2, 0.25) is 5.91 Å². The monoisotopic (exact) mass is 254 g/mol. The van der Waals surface area contributed by atoms with E-state index in [1.54, 1.807) is 18.3 Å². The maximum absolute atomic E-state index is 10.9. The first-order valence-electron chi connectivity index (χ1n) is 5.85. The van der Waals surface area contributed by atoms with E-state index in [0.717, 1.165) is 5.69 Å². The van der Waals surface area contributed by atoms with Crippen molar-refractivity contribution in [2.45, 2.75) is 6.92 Å². The van der Waals surface area contributed by atoms with Gasteiger partial charge in [-0.05, 0) is 24.3 Å². The largest absolute Gasteiger partial charge is 0.507 e. The Morgan fingerprint density at radius 3 is 2.58 bits per heavy atom. The Morgan fingerprint density at radius 2 is 1.95 bits per heavy atom. The molecule has 2 aromatic carbocycles. The summed E-state index contributed by atoms with van der Waals surface area (Å²) >= 11 is 0. The Kier molecular flexibility index (Phi) is 3.93. The Labute approximate surface area is 111 Å². The number of para-hydroxylation sites is 1. The minimum atomic E-state index is -0.176. The first-order valence-corrected chi connectivity index (χ1v) is 5.85. The Bertz CT molecular complexity index is 607.